The van der Waals surface area contributed by atoms with Gasteiger partial charge in [0.2, 0.25) is 5.78 Å². The van der Waals surface area contributed by atoms with Crippen LogP contribution < -0.4 is 0 Å². The number of nitrogens with zero attached hydrogens (tertiary/aromatic N) is 3. The van der Waals surface area contributed by atoms with Gasteiger partial charge in [-0.2, -0.15) is 0 Å². The van der Waals surface area contributed by atoms with Crippen LogP contribution in [-0.4, -0.2) is 22.4 Å². The second kappa shape index (κ2) is 7.10. The SMILES string of the molecule is Cc1ccc(-c2nc3ncc(C#C[Si](C)(C)C)n3cc2-c2ccccc2)cc1. The minimum atomic E-state index is -1.47. The maximum atomic E-state index is 4.91. The molecule has 0 atom stereocenters. The molecular formula is C24H23N3Si. The van der Waals surface area contributed by atoms with E-state index in [1.807, 2.05) is 16.7 Å². The first-order valence-corrected chi connectivity index (χ1v) is 12.9. The number of fused-ring (bicyclic) bond motifs is 1. The van der Waals surface area contributed by atoms with E-state index in [1.165, 1.54) is 5.56 Å². The fourth-order valence-corrected chi connectivity index (χ4v) is 3.52. The average Bonchev–Trinajstić information content (AvgIpc) is 3.08. The molecule has 0 aliphatic heterocycles. The van der Waals surface area contributed by atoms with E-state index < -0.39 is 8.07 Å². The Hall–Kier alpha value is -3.16. The fraction of sp³-hybridized carbons (Fsp3) is 0.167. The third-order valence-electron chi connectivity index (χ3n) is 4.48. The fourth-order valence-electron chi connectivity index (χ4n) is 3.02. The quantitative estimate of drug-likeness (QED) is 0.334. The van der Waals surface area contributed by atoms with Gasteiger partial charge in [-0.3, -0.25) is 4.40 Å². The number of imidazole rings is 1. The molecule has 2 aromatic carbocycles. The molecule has 0 amide bonds. The summed E-state index contributed by atoms with van der Waals surface area (Å²) in [6, 6.07) is 18.8. The lowest BCUT2D eigenvalue weighted by Gasteiger charge is -2.11. The molecule has 138 valence electrons. The van der Waals surface area contributed by atoms with Crippen molar-refractivity contribution in [1.82, 2.24) is 14.4 Å². The van der Waals surface area contributed by atoms with Crippen LogP contribution >= 0.6 is 0 Å². The van der Waals surface area contributed by atoms with Gasteiger partial charge in [0.05, 0.1) is 11.9 Å². The van der Waals surface area contributed by atoms with Gasteiger partial charge in [-0.25, -0.2) is 9.97 Å². The van der Waals surface area contributed by atoms with Gasteiger partial charge >= 0.3 is 0 Å². The Morgan fingerprint density at radius 3 is 2.29 bits per heavy atom. The normalized spacial score (nSPS) is 11.3. The predicted octanol–water partition coefficient (Wildman–Crippen LogP) is 5.60. The van der Waals surface area contributed by atoms with E-state index in [9.17, 15) is 0 Å². The Labute approximate surface area is 167 Å². The number of aryl methyl sites for hydroxylation is 1. The molecule has 0 N–H and O–H groups in total. The van der Waals surface area contributed by atoms with E-state index in [0.29, 0.717) is 5.78 Å². The summed E-state index contributed by atoms with van der Waals surface area (Å²) >= 11 is 0. The van der Waals surface area contributed by atoms with Crippen LogP contribution in [0, 0.1) is 18.4 Å². The summed E-state index contributed by atoms with van der Waals surface area (Å²) in [5, 5.41) is 0. The smallest absolute Gasteiger partial charge is 0.235 e. The van der Waals surface area contributed by atoms with Crippen LogP contribution in [0.4, 0.5) is 0 Å². The molecule has 3 nitrogen and oxygen atoms in total. The number of aromatic nitrogens is 3. The molecule has 0 saturated heterocycles. The summed E-state index contributed by atoms with van der Waals surface area (Å²) in [7, 11) is -1.47. The van der Waals surface area contributed by atoms with Crippen molar-refractivity contribution >= 4 is 13.9 Å². The summed E-state index contributed by atoms with van der Waals surface area (Å²) in [4.78, 5) is 9.43. The van der Waals surface area contributed by atoms with Gasteiger partial charge in [0.15, 0.2) is 0 Å². The maximum absolute atomic E-state index is 4.91. The number of hydrogen-bond acceptors (Lipinski definition) is 2. The Morgan fingerprint density at radius 1 is 0.893 bits per heavy atom. The molecular weight excluding hydrogens is 358 g/mol. The molecule has 0 bridgehead atoms. The monoisotopic (exact) mass is 381 g/mol. The van der Waals surface area contributed by atoms with Crippen LogP contribution in [0.25, 0.3) is 28.2 Å². The lowest BCUT2D eigenvalue weighted by atomic mass is 10.00. The van der Waals surface area contributed by atoms with Crippen molar-refractivity contribution in [1.29, 1.82) is 0 Å². The molecule has 2 heterocycles. The van der Waals surface area contributed by atoms with Crippen molar-refractivity contribution in [3.05, 3.63) is 78.2 Å². The Morgan fingerprint density at radius 2 is 1.61 bits per heavy atom. The molecule has 0 unspecified atom stereocenters. The molecule has 28 heavy (non-hydrogen) atoms. The minimum absolute atomic E-state index is 0.676. The van der Waals surface area contributed by atoms with Gasteiger partial charge in [-0.1, -0.05) is 85.7 Å². The lowest BCUT2D eigenvalue weighted by Crippen LogP contribution is -2.16. The molecule has 0 aliphatic rings. The molecule has 0 spiro atoms. The molecule has 4 rings (SSSR count). The summed E-state index contributed by atoms with van der Waals surface area (Å²) < 4.78 is 2.01. The van der Waals surface area contributed by atoms with Crippen molar-refractivity contribution in [3.63, 3.8) is 0 Å². The van der Waals surface area contributed by atoms with Gasteiger partial charge in [0, 0.05) is 17.3 Å². The van der Waals surface area contributed by atoms with Crippen molar-refractivity contribution < 1.29 is 0 Å². The molecule has 0 aliphatic carbocycles. The second-order valence-electron chi connectivity index (χ2n) is 8.05. The van der Waals surface area contributed by atoms with Crippen LogP contribution in [0.5, 0.6) is 0 Å². The zero-order chi connectivity index (χ0) is 19.7. The molecule has 0 radical (unpaired) electrons. The van der Waals surface area contributed by atoms with Crippen LogP contribution in [-0.2, 0) is 0 Å². The highest BCUT2D eigenvalue weighted by Crippen LogP contribution is 2.31. The van der Waals surface area contributed by atoms with E-state index >= 15 is 0 Å². The van der Waals surface area contributed by atoms with E-state index in [1.54, 1.807) is 0 Å². The third kappa shape index (κ3) is 3.76. The van der Waals surface area contributed by atoms with E-state index in [0.717, 1.165) is 28.1 Å². The van der Waals surface area contributed by atoms with Gasteiger partial charge in [-0.15, -0.1) is 5.54 Å². The predicted molar refractivity (Wildman–Crippen MR) is 119 cm³/mol. The van der Waals surface area contributed by atoms with E-state index in [2.05, 4.69) is 97.7 Å². The minimum Gasteiger partial charge on any atom is -0.276 e. The van der Waals surface area contributed by atoms with Crippen molar-refractivity contribution in [3.8, 4) is 33.8 Å². The molecule has 0 saturated carbocycles. The highest BCUT2D eigenvalue weighted by Gasteiger charge is 2.14. The first kappa shape index (κ1) is 18.2. The van der Waals surface area contributed by atoms with Crippen LogP contribution in [0.3, 0.4) is 0 Å². The van der Waals surface area contributed by atoms with Gasteiger partial charge < -0.3 is 0 Å². The van der Waals surface area contributed by atoms with Crippen LogP contribution in [0.1, 0.15) is 11.3 Å². The van der Waals surface area contributed by atoms with E-state index in [-0.39, 0.29) is 0 Å². The Balaban J connectivity index is 1.96. The van der Waals surface area contributed by atoms with Crippen molar-refractivity contribution in [2.45, 2.75) is 26.6 Å². The van der Waals surface area contributed by atoms with Gasteiger partial charge in [0.25, 0.3) is 0 Å². The topological polar surface area (TPSA) is 30.2 Å². The number of rotatable bonds is 2. The van der Waals surface area contributed by atoms with Crippen LogP contribution in [0.2, 0.25) is 19.6 Å². The Bertz CT molecular complexity index is 1190. The number of benzene rings is 2. The zero-order valence-electron chi connectivity index (χ0n) is 16.7. The Kier molecular flexibility index (Phi) is 4.62. The highest BCUT2D eigenvalue weighted by atomic mass is 28.3. The standard InChI is InChI=1S/C24H23N3Si/c1-18-10-12-20(13-11-18)23-22(19-8-6-5-7-9-19)17-27-21(14-15-28(2,3)4)16-25-24(27)26-23/h5-13,16-17H,1-4H3. The largest absolute Gasteiger partial charge is 0.276 e. The van der Waals surface area contributed by atoms with Crippen molar-refractivity contribution in [2.75, 3.05) is 0 Å². The molecule has 2 aromatic heterocycles. The second-order valence-corrected chi connectivity index (χ2v) is 12.8. The molecule has 4 heteroatoms. The number of hydrogen-bond donors (Lipinski definition) is 0. The lowest BCUT2D eigenvalue weighted by molar-refractivity contribution is 1.10. The van der Waals surface area contributed by atoms with Gasteiger partial charge in [0.1, 0.15) is 13.8 Å². The summed E-state index contributed by atoms with van der Waals surface area (Å²) in [5.41, 5.74) is 9.78. The third-order valence-corrected chi connectivity index (χ3v) is 5.35. The van der Waals surface area contributed by atoms with Crippen LogP contribution in [0.15, 0.2) is 67.0 Å². The molecule has 0 fully saturated rings. The maximum Gasteiger partial charge on any atom is 0.235 e. The summed E-state index contributed by atoms with van der Waals surface area (Å²) in [5.74, 6) is 4.00. The average molecular weight is 382 g/mol. The summed E-state index contributed by atoms with van der Waals surface area (Å²) in [6.45, 7) is 8.82. The van der Waals surface area contributed by atoms with Gasteiger partial charge in [-0.05, 0) is 12.5 Å². The summed E-state index contributed by atoms with van der Waals surface area (Å²) in [6.07, 6.45) is 3.94. The first-order chi connectivity index (χ1) is 13.4. The molecule has 4 aromatic rings. The highest BCUT2D eigenvalue weighted by molar-refractivity contribution is 6.83. The first-order valence-electron chi connectivity index (χ1n) is 9.44. The zero-order valence-corrected chi connectivity index (χ0v) is 17.7. The van der Waals surface area contributed by atoms with Crippen molar-refractivity contribution in [2.24, 2.45) is 0 Å². The van der Waals surface area contributed by atoms with E-state index in [4.69, 9.17) is 4.98 Å².